The molecule has 2 rings (SSSR count). The second kappa shape index (κ2) is 4.28. The highest BCUT2D eigenvalue weighted by Gasteiger charge is 2.47. The fourth-order valence-electron chi connectivity index (χ4n) is 2.45. The lowest BCUT2D eigenvalue weighted by Gasteiger charge is -2.42. The monoisotopic (exact) mass is 239 g/mol. The quantitative estimate of drug-likeness (QED) is 0.696. The summed E-state index contributed by atoms with van der Waals surface area (Å²) in [5, 5.41) is 0. The van der Waals surface area contributed by atoms with E-state index < -0.39 is 5.92 Å². The van der Waals surface area contributed by atoms with E-state index in [0.29, 0.717) is 0 Å². The lowest BCUT2D eigenvalue weighted by Crippen LogP contribution is -2.48. The lowest BCUT2D eigenvalue weighted by atomic mass is 9.86. The largest absolute Gasteiger partial charge is 0.348 e. The Kier molecular flexibility index (Phi) is 3.11. The van der Waals surface area contributed by atoms with Crippen LogP contribution in [-0.4, -0.2) is 16.9 Å². The van der Waals surface area contributed by atoms with E-state index in [1.54, 1.807) is 0 Å². The summed E-state index contributed by atoms with van der Waals surface area (Å²) in [6.07, 6.45) is 7.07. The predicted octanol–water partition coefficient (Wildman–Crippen LogP) is 4.24. The first-order valence-corrected chi connectivity index (χ1v) is 6.15. The molecule has 0 saturated heterocycles. The van der Waals surface area contributed by atoms with Gasteiger partial charge in [-0.2, -0.15) is 0 Å². The molecule has 0 N–H and O–H groups in total. The first-order chi connectivity index (χ1) is 7.93. The van der Waals surface area contributed by atoms with Crippen LogP contribution in [-0.2, 0) is 0 Å². The molecular weight excluding hydrogens is 220 g/mol. The van der Waals surface area contributed by atoms with Crippen LogP contribution in [0.2, 0.25) is 0 Å². The molecular formula is C14H19F2N. The molecule has 0 unspecified atom stereocenters. The maximum Gasteiger partial charge on any atom is 0.252 e. The van der Waals surface area contributed by atoms with Crippen molar-refractivity contribution < 1.29 is 8.78 Å². The lowest BCUT2D eigenvalue weighted by molar-refractivity contribution is -0.110. The third kappa shape index (κ3) is 2.43. The Morgan fingerprint density at radius 1 is 1.29 bits per heavy atom. The molecule has 0 radical (unpaired) electrons. The van der Waals surface area contributed by atoms with E-state index in [9.17, 15) is 8.78 Å². The van der Waals surface area contributed by atoms with E-state index in [0.717, 1.165) is 12.1 Å². The van der Waals surface area contributed by atoms with Gasteiger partial charge in [0.1, 0.15) is 0 Å². The third-order valence-corrected chi connectivity index (χ3v) is 3.62. The highest BCUT2D eigenvalue weighted by Crippen LogP contribution is 2.42. The van der Waals surface area contributed by atoms with Crippen molar-refractivity contribution in [3.8, 4) is 0 Å². The van der Waals surface area contributed by atoms with Crippen molar-refractivity contribution in [1.29, 1.82) is 0 Å². The number of halogens is 2. The molecule has 0 spiro atoms. The van der Waals surface area contributed by atoms with Gasteiger partial charge in [0, 0.05) is 30.8 Å². The van der Waals surface area contributed by atoms with Gasteiger partial charge >= 0.3 is 0 Å². The van der Waals surface area contributed by atoms with Gasteiger partial charge in [-0.15, -0.1) is 0 Å². The maximum absolute atomic E-state index is 12.9. The Balaban J connectivity index is 2.17. The van der Waals surface area contributed by atoms with Gasteiger partial charge in [-0.25, -0.2) is 8.78 Å². The van der Waals surface area contributed by atoms with Crippen molar-refractivity contribution in [2.24, 2.45) is 0 Å². The first-order valence-electron chi connectivity index (χ1n) is 6.15. The molecule has 0 aromatic carbocycles. The summed E-state index contributed by atoms with van der Waals surface area (Å²) in [5.74, 6) is -2.46. The summed E-state index contributed by atoms with van der Waals surface area (Å²) >= 11 is 0. The van der Waals surface area contributed by atoms with E-state index in [1.165, 1.54) is 11.1 Å². The van der Waals surface area contributed by atoms with Crippen LogP contribution in [0, 0.1) is 0 Å². The molecule has 1 fully saturated rings. The van der Waals surface area contributed by atoms with Crippen LogP contribution in [0.25, 0.3) is 0 Å². The van der Waals surface area contributed by atoms with E-state index in [-0.39, 0.29) is 18.9 Å². The molecule has 0 amide bonds. The molecule has 1 heterocycles. The van der Waals surface area contributed by atoms with Gasteiger partial charge in [0.25, 0.3) is 5.92 Å². The minimum atomic E-state index is -2.46. The van der Waals surface area contributed by atoms with Crippen LogP contribution < -0.4 is 0 Å². The van der Waals surface area contributed by atoms with Gasteiger partial charge in [-0.1, -0.05) is 13.0 Å². The predicted molar refractivity (Wildman–Crippen MR) is 65.7 cm³/mol. The van der Waals surface area contributed by atoms with Gasteiger partial charge in [0.2, 0.25) is 0 Å². The van der Waals surface area contributed by atoms with Gasteiger partial charge < -0.3 is 4.90 Å². The number of nitrogens with zero attached hydrogens (tertiary/aromatic N) is 1. The Bertz CT molecular complexity index is 396. The van der Waals surface area contributed by atoms with E-state index >= 15 is 0 Å². The summed E-state index contributed by atoms with van der Waals surface area (Å²) in [6, 6.07) is -0.0409. The molecule has 0 bridgehead atoms. The minimum Gasteiger partial charge on any atom is -0.348 e. The van der Waals surface area contributed by atoms with Crippen LogP contribution in [0.3, 0.4) is 0 Å². The van der Waals surface area contributed by atoms with Crippen LogP contribution in [0.4, 0.5) is 8.78 Å². The number of alkyl halides is 2. The second-order valence-electron chi connectivity index (χ2n) is 4.99. The average Bonchev–Trinajstić information content (AvgIpc) is 2.35. The van der Waals surface area contributed by atoms with Crippen molar-refractivity contribution in [1.82, 2.24) is 4.90 Å². The molecule has 94 valence electrons. The Morgan fingerprint density at radius 3 is 2.47 bits per heavy atom. The standard InChI is InChI=1S/C14H19F2N/c1-4-12-6-5-11(3)17(9-10(12)2)13-7-14(15,16)8-13/h5-6,9,13H,4,7-8H2,1-3H3. The van der Waals surface area contributed by atoms with Gasteiger partial charge in [0.15, 0.2) is 0 Å². The van der Waals surface area contributed by atoms with E-state index in [1.807, 2.05) is 31.0 Å². The van der Waals surface area contributed by atoms with E-state index in [4.69, 9.17) is 0 Å². The summed E-state index contributed by atoms with van der Waals surface area (Å²) in [4.78, 5) is 2.01. The molecule has 0 aromatic heterocycles. The first kappa shape index (κ1) is 12.3. The number of rotatable bonds is 2. The Morgan fingerprint density at radius 2 is 1.94 bits per heavy atom. The van der Waals surface area contributed by atoms with Crippen LogP contribution in [0.5, 0.6) is 0 Å². The van der Waals surface area contributed by atoms with Crippen molar-refractivity contribution in [2.75, 3.05) is 0 Å². The molecule has 1 nitrogen and oxygen atoms in total. The second-order valence-corrected chi connectivity index (χ2v) is 4.99. The molecule has 1 saturated carbocycles. The SMILES string of the molecule is CCC1=CC=C(C)N(C2CC(F)(F)C2)C=C1C. The summed E-state index contributed by atoms with van der Waals surface area (Å²) < 4.78 is 25.9. The number of hydrogen-bond acceptors (Lipinski definition) is 1. The van der Waals surface area contributed by atoms with Gasteiger partial charge in [-0.3, -0.25) is 0 Å². The zero-order valence-electron chi connectivity index (χ0n) is 10.6. The Labute approximate surface area is 101 Å². The third-order valence-electron chi connectivity index (χ3n) is 3.62. The van der Waals surface area contributed by atoms with E-state index in [2.05, 4.69) is 13.0 Å². The maximum atomic E-state index is 12.9. The fourth-order valence-corrected chi connectivity index (χ4v) is 2.45. The zero-order valence-corrected chi connectivity index (χ0v) is 10.6. The summed E-state index contributed by atoms with van der Waals surface area (Å²) in [5.41, 5.74) is 3.50. The molecule has 1 aliphatic carbocycles. The molecule has 0 aromatic rings. The van der Waals surface area contributed by atoms with Crippen molar-refractivity contribution in [2.45, 2.75) is 52.0 Å². The van der Waals surface area contributed by atoms with Gasteiger partial charge in [-0.05, 0) is 37.5 Å². The fraction of sp³-hybridized carbons (Fsp3) is 0.571. The number of allylic oxidation sites excluding steroid dienone is 5. The summed E-state index contributed by atoms with van der Waals surface area (Å²) in [7, 11) is 0. The van der Waals surface area contributed by atoms with Crippen LogP contribution in [0.1, 0.15) is 40.0 Å². The number of hydrogen-bond donors (Lipinski definition) is 0. The highest BCUT2D eigenvalue weighted by atomic mass is 19.3. The summed E-state index contributed by atoms with van der Waals surface area (Å²) in [6.45, 7) is 6.14. The molecule has 17 heavy (non-hydrogen) atoms. The molecule has 1 aliphatic heterocycles. The van der Waals surface area contributed by atoms with Crippen molar-refractivity contribution >= 4 is 0 Å². The topological polar surface area (TPSA) is 3.24 Å². The highest BCUT2D eigenvalue weighted by molar-refractivity contribution is 5.36. The minimum absolute atomic E-state index is 0.0244. The van der Waals surface area contributed by atoms with Crippen molar-refractivity contribution in [3.63, 3.8) is 0 Å². The molecule has 3 heteroatoms. The molecule has 0 atom stereocenters. The average molecular weight is 239 g/mol. The molecule has 2 aliphatic rings. The van der Waals surface area contributed by atoms with Crippen LogP contribution in [0.15, 0.2) is 35.2 Å². The smallest absolute Gasteiger partial charge is 0.252 e. The Hall–Kier alpha value is -1.12. The van der Waals surface area contributed by atoms with Gasteiger partial charge in [0.05, 0.1) is 0 Å². The van der Waals surface area contributed by atoms with Crippen LogP contribution >= 0.6 is 0 Å². The normalized spacial score (nSPS) is 24.5. The zero-order chi connectivity index (χ0) is 12.6. The van der Waals surface area contributed by atoms with Crippen molar-refractivity contribution in [3.05, 3.63) is 35.2 Å².